The van der Waals surface area contributed by atoms with Crippen LogP contribution in [0.15, 0.2) is 46.9 Å². The molecule has 0 saturated heterocycles. The van der Waals surface area contributed by atoms with E-state index >= 15 is 0 Å². The smallest absolute Gasteiger partial charge is 0.244 e. The zero-order valence-corrected chi connectivity index (χ0v) is 17.3. The summed E-state index contributed by atoms with van der Waals surface area (Å²) in [5.74, 6) is 1.58. The number of methoxy groups -OCH3 is 2. The summed E-state index contributed by atoms with van der Waals surface area (Å²) in [5, 5.41) is 15.1. The zero-order chi connectivity index (χ0) is 20.1. The summed E-state index contributed by atoms with van der Waals surface area (Å²) in [4.78, 5) is 13.7. The molecule has 0 aliphatic heterocycles. The molecule has 28 heavy (non-hydrogen) atoms. The van der Waals surface area contributed by atoms with Crippen LogP contribution in [0.25, 0.3) is 11.4 Å². The first-order chi connectivity index (χ1) is 13.5. The largest absolute Gasteiger partial charge is 0.497 e. The molecular formula is C19H20BrN5O3. The summed E-state index contributed by atoms with van der Waals surface area (Å²) in [6, 6.07) is 12.7. The van der Waals surface area contributed by atoms with Crippen molar-refractivity contribution in [3.63, 3.8) is 0 Å². The first-order valence-electron chi connectivity index (χ1n) is 8.55. The van der Waals surface area contributed by atoms with Gasteiger partial charge in [0.15, 0.2) is 0 Å². The van der Waals surface area contributed by atoms with Crippen molar-refractivity contribution in [3.05, 3.63) is 52.5 Å². The number of carbonyl (C=O) groups excluding carboxylic acids is 1. The van der Waals surface area contributed by atoms with Gasteiger partial charge in [-0.05, 0) is 54.6 Å². The Balaban J connectivity index is 1.67. The average Bonchev–Trinajstić information content (AvgIpc) is 3.16. The SMILES string of the molecule is COc1ccc(OC)c(C(C)NC(=O)Cn2nnc(-c3ccc(Br)cc3)n2)c1. The second-order valence-electron chi connectivity index (χ2n) is 6.05. The minimum Gasteiger partial charge on any atom is -0.497 e. The van der Waals surface area contributed by atoms with Crippen LogP contribution >= 0.6 is 15.9 Å². The topological polar surface area (TPSA) is 91.2 Å². The summed E-state index contributed by atoms with van der Waals surface area (Å²) < 4.78 is 11.6. The number of hydrogen-bond donors (Lipinski definition) is 1. The zero-order valence-electron chi connectivity index (χ0n) is 15.7. The number of amides is 1. The maximum atomic E-state index is 12.4. The number of halogens is 1. The molecule has 0 bridgehead atoms. The number of nitrogens with one attached hydrogen (secondary N) is 1. The van der Waals surface area contributed by atoms with E-state index in [0.717, 1.165) is 15.6 Å². The molecule has 0 radical (unpaired) electrons. The third-order valence-electron chi connectivity index (χ3n) is 4.12. The van der Waals surface area contributed by atoms with Gasteiger partial charge in [-0.3, -0.25) is 4.79 Å². The first-order valence-corrected chi connectivity index (χ1v) is 9.34. The van der Waals surface area contributed by atoms with Gasteiger partial charge in [-0.1, -0.05) is 15.9 Å². The van der Waals surface area contributed by atoms with Crippen molar-refractivity contribution in [2.24, 2.45) is 0 Å². The number of nitrogens with zero attached hydrogens (tertiary/aromatic N) is 4. The fraction of sp³-hybridized carbons (Fsp3) is 0.263. The van der Waals surface area contributed by atoms with Gasteiger partial charge < -0.3 is 14.8 Å². The summed E-state index contributed by atoms with van der Waals surface area (Å²) >= 11 is 3.39. The Morgan fingerprint density at radius 1 is 1.18 bits per heavy atom. The van der Waals surface area contributed by atoms with E-state index in [1.807, 2.05) is 37.3 Å². The van der Waals surface area contributed by atoms with E-state index in [1.54, 1.807) is 26.4 Å². The van der Waals surface area contributed by atoms with Crippen LogP contribution in [0.5, 0.6) is 11.5 Å². The van der Waals surface area contributed by atoms with E-state index in [0.29, 0.717) is 17.3 Å². The van der Waals surface area contributed by atoms with Crippen LogP contribution in [-0.4, -0.2) is 40.3 Å². The minimum atomic E-state index is -0.285. The molecule has 0 saturated carbocycles. The molecule has 3 rings (SSSR count). The molecule has 1 heterocycles. The highest BCUT2D eigenvalue weighted by Crippen LogP contribution is 2.29. The van der Waals surface area contributed by atoms with Gasteiger partial charge in [-0.25, -0.2) is 0 Å². The normalized spacial score (nSPS) is 11.7. The summed E-state index contributed by atoms with van der Waals surface area (Å²) in [7, 11) is 3.18. The molecule has 8 nitrogen and oxygen atoms in total. The predicted molar refractivity (Wildman–Crippen MR) is 107 cm³/mol. The Morgan fingerprint density at radius 3 is 2.61 bits per heavy atom. The van der Waals surface area contributed by atoms with E-state index in [9.17, 15) is 4.79 Å². The summed E-state index contributed by atoms with van der Waals surface area (Å²) in [6.07, 6.45) is 0. The number of hydrogen-bond acceptors (Lipinski definition) is 6. The molecule has 1 aromatic heterocycles. The monoisotopic (exact) mass is 445 g/mol. The van der Waals surface area contributed by atoms with Gasteiger partial charge in [0.05, 0.1) is 20.3 Å². The highest BCUT2D eigenvalue weighted by molar-refractivity contribution is 9.10. The second kappa shape index (κ2) is 8.83. The molecule has 1 N–H and O–H groups in total. The molecular weight excluding hydrogens is 426 g/mol. The minimum absolute atomic E-state index is 0.0415. The second-order valence-corrected chi connectivity index (χ2v) is 6.96. The first kappa shape index (κ1) is 19.8. The Hall–Kier alpha value is -2.94. The van der Waals surface area contributed by atoms with Crippen LogP contribution in [-0.2, 0) is 11.3 Å². The maximum absolute atomic E-state index is 12.4. The number of carbonyl (C=O) groups is 1. The number of tetrazole rings is 1. The fourth-order valence-corrected chi connectivity index (χ4v) is 2.96. The molecule has 146 valence electrons. The third-order valence-corrected chi connectivity index (χ3v) is 4.65. The van der Waals surface area contributed by atoms with Gasteiger partial charge in [0.25, 0.3) is 0 Å². The Morgan fingerprint density at radius 2 is 1.93 bits per heavy atom. The van der Waals surface area contributed by atoms with Gasteiger partial charge in [0.2, 0.25) is 11.7 Å². The Kier molecular flexibility index (Phi) is 6.25. The molecule has 1 amide bonds. The molecule has 0 fully saturated rings. The van der Waals surface area contributed by atoms with Crippen LogP contribution in [0.1, 0.15) is 18.5 Å². The van der Waals surface area contributed by atoms with Gasteiger partial charge in [-0.15, -0.1) is 10.2 Å². The van der Waals surface area contributed by atoms with Crippen molar-refractivity contribution in [3.8, 4) is 22.9 Å². The van der Waals surface area contributed by atoms with Gasteiger partial charge in [0.1, 0.15) is 18.0 Å². The molecule has 1 atom stereocenters. The number of rotatable bonds is 7. The van der Waals surface area contributed by atoms with Crippen molar-refractivity contribution in [2.75, 3.05) is 14.2 Å². The van der Waals surface area contributed by atoms with Crippen LogP contribution in [0.3, 0.4) is 0 Å². The van der Waals surface area contributed by atoms with Crippen LogP contribution in [0, 0.1) is 0 Å². The average molecular weight is 446 g/mol. The van der Waals surface area contributed by atoms with Crippen molar-refractivity contribution < 1.29 is 14.3 Å². The molecule has 2 aromatic carbocycles. The lowest BCUT2D eigenvalue weighted by atomic mass is 10.1. The summed E-state index contributed by atoms with van der Waals surface area (Å²) in [5.41, 5.74) is 1.64. The number of ether oxygens (including phenoxy) is 2. The quantitative estimate of drug-likeness (QED) is 0.600. The van der Waals surface area contributed by atoms with Gasteiger partial charge in [0, 0.05) is 15.6 Å². The fourth-order valence-electron chi connectivity index (χ4n) is 2.70. The van der Waals surface area contributed by atoms with E-state index < -0.39 is 0 Å². The Bertz CT molecular complexity index is 958. The van der Waals surface area contributed by atoms with Crippen molar-refractivity contribution in [1.29, 1.82) is 0 Å². The lowest BCUT2D eigenvalue weighted by Gasteiger charge is -2.18. The molecule has 0 aliphatic carbocycles. The highest BCUT2D eigenvalue weighted by atomic mass is 79.9. The lowest BCUT2D eigenvalue weighted by molar-refractivity contribution is -0.122. The van der Waals surface area contributed by atoms with Crippen LogP contribution in [0.4, 0.5) is 0 Å². The predicted octanol–water partition coefficient (Wildman–Crippen LogP) is 3.00. The molecule has 9 heteroatoms. The van der Waals surface area contributed by atoms with E-state index in [2.05, 4.69) is 36.7 Å². The van der Waals surface area contributed by atoms with E-state index in [-0.39, 0.29) is 18.5 Å². The molecule has 0 aliphatic rings. The van der Waals surface area contributed by atoms with Gasteiger partial charge >= 0.3 is 0 Å². The number of benzene rings is 2. The van der Waals surface area contributed by atoms with E-state index in [1.165, 1.54) is 4.80 Å². The molecule has 1 unspecified atom stereocenters. The van der Waals surface area contributed by atoms with Crippen molar-refractivity contribution in [2.45, 2.75) is 19.5 Å². The van der Waals surface area contributed by atoms with E-state index in [4.69, 9.17) is 9.47 Å². The van der Waals surface area contributed by atoms with Crippen molar-refractivity contribution >= 4 is 21.8 Å². The highest BCUT2D eigenvalue weighted by Gasteiger charge is 2.16. The standard InChI is InChI=1S/C19H20BrN5O3/c1-12(16-10-15(27-2)8-9-17(16)28-3)21-18(26)11-25-23-19(22-24-25)13-4-6-14(20)7-5-13/h4-10,12H,11H2,1-3H3,(H,21,26). The van der Waals surface area contributed by atoms with Crippen molar-refractivity contribution in [1.82, 2.24) is 25.5 Å². The third kappa shape index (κ3) is 4.66. The maximum Gasteiger partial charge on any atom is 0.244 e. The lowest BCUT2D eigenvalue weighted by Crippen LogP contribution is -2.31. The number of aromatic nitrogens is 4. The molecule has 0 spiro atoms. The van der Waals surface area contributed by atoms with Gasteiger partial charge in [-0.2, -0.15) is 4.80 Å². The van der Waals surface area contributed by atoms with Crippen LogP contribution in [0.2, 0.25) is 0 Å². The summed E-state index contributed by atoms with van der Waals surface area (Å²) in [6.45, 7) is 1.83. The van der Waals surface area contributed by atoms with Crippen LogP contribution < -0.4 is 14.8 Å². The molecule has 3 aromatic rings. The Labute approximate surface area is 171 Å².